The summed E-state index contributed by atoms with van der Waals surface area (Å²) in [7, 11) is 0. The van der Waals surface area contributed by atoms with Crippen LogP contribution in [-0.2, 0) is 16.0 Å². The summed E-state index contributed by atoms with van der Waals surface area (Å²) in [5, 5.41) is 10.3. The lowest BCUT2D eigenvalue weighted by Gasteiger charge is -2.35. The molecule has 2 fully saturated rings. The first kappa shape index (κ1) is 28.5. The minimum atomic E-state index is -0.419. The van der Waals surface area contributed by atoms with Crippen molar-refractivity contribution in [3.8, 4) is 0 Å². The standard InChI is InChI=1S/C32H41N3O4S/c1-6-38-32(37)26-17-40-28(34-26)16-23(15-27(36)33-25-10-7-19(4)12-20(25)5)30-29(22-8-9-22)31(39-35-30)24-13-21(14-24)11-18(2)3/h7,10,12,17-18,21-24H,6,8-9,11,13-16H2,1-5H3,(H,33,36). The van der Waals surface area contributed by atoms with E-state index in [1.54, 1.807) is 12.3 Å². The van der Waals surface area contributed by atoms with Crippen molar-refractivity contribution in [2.45, 2.75) is 97.3 Å². The SMILES string of the molecule is CCOC(=O)c1csc(CC(CC(=O)Nc2ccc(C)cc2C)c2noc(C3CC(CC(C)C)C3)c2C2CC2)n1. The van der Waals surface area contributed by atoms with Crippen LogP contribution < -0.4 is 5.32 Å². The average molecular weight is 564 g/mol. The molecular weight excluding hydrogens is 522 g/mol. The molecule has 1 atom stereocenters. The van der Waals surface area contributed by atoms with Gasteiger partial charge in [-0.15, -0.1) is 11.3 Å². The fourth-order valence-corrected chi connectivity index (χ4v) is 6.91. The van der Waals surface area contributed by atoms with Crippen molar-refractivity contribution < 1.29 is 18.8 Å². The Bertz CT molecular complexity index is 1350. The minimum absolute atomic E-state index is 0.0638. The largest absolute Gasteiger partial charge is 0.461 e. The Morgan fingerprint density at radius 2 is 1.95 bits per heavy atom. The molecule has 1 N–H and O–H groups in total. The second-order valence-corrected chi connectivity index (χ2v) is 13.0. The summed E-state index contributed by atoms with van der Waals surface area (Å²) in [6.45, 7) is 10.7. The van der Waals surface area contributed by atoms with E-state index >= 15 is 0 Å². The molecule has 1 aromatic carbocycles. The molecule has 8 heteroatoms. The molecule has 1 unspecified atom stereocenters. The minimum Gasteiger partial charge on any atom is -0.461 e. The Balaban J connectivity index is 1.40. The van der Waals surface area contributed by atoms with Gasteiger partial charge in [0, 0.05) is 41.3 Å². The molecule has 1 amide bonds. The first-order valence-electron chi connectivity index (χ1n) is 14.7. The van der Waals surface area contributed by atoms with Crippen LogP contribution >= 0.6 is 11.3 Å². The van der Waals surface area contributed by atoms with E-state index in [9.17, 15) is 9.59 Å². The van der Waals surface area contributed by atoms with Crippen LogP contribution in [0, 0.1) is 25.7 Å². The second-order valence-electron chi connectivity index (χ2n) is 12.1. The highest BCUT2D eigenvalue weighted by molar-refractivity contribution is 7.09. The number of rotatable bonds is 12. The Labute approximate surface area is 241 Å². The third-order valence-electron chi connectivity index (χ3n) is 8.11. The molecule has 214 valence electrons. The highest BCUT2D eigenvalue weighted by Gasteiger charge is 2.42. The van der Waals surface area contributed by atoms with Crippen molar-refractivity contribution in [3.05, 3.63) is 62.4 Å². The molecule has 7 nitrogen and oxygen atoms in total. The summed E-state index contributed by atoms with van der Waals surface area (Å²) < 4.78 is 11.2. The van der Waals surface area contributed by atoms with Crippen LogP contribution in [-0.4, -0.2) is 28.6 Å². The number of ether oxygens (including phenoxy) is 1. The third-order valence-corrected chi connectivity index (χ3v) is 8.98. The van der Waals surface area contributed by atoms with Gasteiger partial charge in [-0.1, -0.05) is 36.7 Å². The number of benzene rings is 1. The summed E-state index contributed by atoms with van der Waals surface area (Å²) in [6, 6.07) is 6.03. The Morgan fingerprint density at radius 3 is 2.62 bits per heavy atom. The first-order chi connectivity index (χ1) is 19.2. The number of carbonyl (C=O) groups excluding carboxylic acids is 2. The van der Waals surface area contributed by atoms with Crippen molar-refractivity contribution in [2.24, 2.45) is 11.8 Å². The molecule has 40 heavy (non-hydrogen) atoms. The molecule has 3 aromatic rings. The smallest absolute Gasteiger partial charge is 0.357 e. The second kappa shape index (κ2) is 12.2. The number of thiazole rings is 1. The van der Waals surface area contributed by atoms with Crippen molar-refractivity contribution in [3.63, 3.8) is 0 Å². The predicted molar refractivity (Wildman–Crippen MR) is 157 cm³/mol. The summed E-state index contributed by atoms with van der Waals surface area (Å²) in [6.07, 6.45) is 6.60. The van der Waals surface area contributed by atoms with Crippen molar-refractivity contribution in [1.29, 1.82) is 0 Å². The number of carbonyl (C=O) groups is 2. The molecule has 2 heterocycles. The highest BCUT2D eigenvalue weighted by atomic mass is 32.1. The van der Waals surface area contributed by atoms with Gasteiger partial charge in [-0.3, -0.25) is 4.79 Å². The third kappa shape index (κ3) is 6.65. The summed E-state index contributed by atoms with van der Waals surface area (Å²) in [5.74, 6) is 2.69. The molecule has 2 aromatic heterocycles. The molecule has 5 rings (SSSR count). The van der Waals surface area contributed by atoms with Gasteiger partial charge in [0.25, 0.3) is 0 Å². The van der Waals surface area contributed by atoms with E-state index in [0.29, 0.717) is 36.5 Å². The lowest BCUT2D eigenvalue weighted by atomic mass is 9.69. The normalized spacial score (nSPS) is 19.4. The van der Waals surface area contributed by atoms with Gasteiger partial charge in [0.05, 0.1) is 17.3 Å². The highest BCUT2D eigenvalue weighted by Crippen LogP contribution is 2.52. The van der Waals surface area contributed by atoms with Gasteiger partial charge in [-0.2, -0.15) is 0 Å². The average Bonchev–Trinajstić information content (AvgIpc) is 3.44. The van der Waals surface area contributed by atoms with Crippen LogP contribution in [0.5, 0.6) is 0 Å². The van der Waals surface area contributed by atoms with Gasteiger partial charge in [0.1, 0.15) is 5.76 Å². The van der Waals surface area contributed by atoms with Gasteiger partial charge in [0.15, 0.2) is 5.69 Å². The van der Waals surface area contributed by atoms with E-state index in [0.717, 1.165) is 64.9 Å². The quantitative estimate of drug-likeness (QED) is 0.227. The Morgan fingerprint density at radius 1 is 1.18 bits per heavy atom. The van der Waals surface area contributed by atoms with Crippen molar-refractivity contribution >= 4 is 28.9 Å². The molecular formula is C32H41N3O4S. The predicted octanol–water partition coefficient (Wildman–Crippen LogP) is 7.70. The summed E-state index contributed by atoms with van der Waals surface area (Å²) in [5.41, 5.74) is 5.46. The van der Waals surface area contributed by atoms with Crippen LogP contribution in [0.25, 0.3) is 0 Å². The van der Waals surface area contributed by atoms with Crippen LogP contribution in [0.15, 0.2) is 28.1 Å². The monoisotopic (exact) mass is 563 g/mol. The molecule has 2 aliphatic carbocycles. The molecule has 0 spiro atoms. The number of hydrogen-bond donors (Lipinski definition) is 1. The number of nitrogens with one attached hydrogen (secondary N) is 1. The Kier molecular flexibility index (Phi) is 8.74. The fraction of sp³-hybridized carbons (Fsp3) is 0.562. The van der Waals surface area contributed by atoms with Crippen LogP contribution in [0.2, 0.25) is 0 Å². The van der Waals surface area contributed by atoms with Gasteiger partial charge in [-0.05, 0) is 82.3 Å². The maximum absolute atomic E-state index is 13.4. The zero-order chi connectivity index (χ0) is 28.4. The molecule has 0 radical (unpaired) electrons. The lowest BCUT2D eigenvalue weighted by molar-refractivity contribution is -0.116. The van der Waals surface area contributed by atoms with Gasteiger partial charge < -0.3 is 14.6 Å². The zero-order valence-corrected chi connectivity index (χ0v) is 25.1. The first-order valence-corrected chi connectivity index (χ1v) is 15.6. The number of aromatic nitrogens is 2. The number of esters is 1. The molecule has 2 aliphatic rings. The number of aryl methyl sites for hydroxylation is 2. The van der Waals surface area contributed by atoms with Gasteiger partial charge >= 0.3 is 5.97 Å². The summed E-state index contributed by atoms with van der Waals surface area (Å²) in [4.78, 5) is 30.2. The van der Waals surface area contributed by atoms with E-state index in [1.165, 1.54) is 23.3 Å². The van der Waals surface area contributed by atoms with Gasteiger partial charge in [0.2, 0.25) is 5.91 Å². The maximum atomic E-state index is 13.4. The lowest BCUT2D eigenvalue weighted by Crippen LogP contribution is -2.24. The van der Waals surface area contributed by atoms with Crippen LogP contribution in [0.3, 0.4) is 0 Å². The van der Waals surface area contributed by atoms with Crippen LogP contribution in [0.4, 0.5) is 5.69 Å². The number of anilines is 1. The number of nitrogens with zero attached hydrogens (tertiary/aromatic N) is 2. The van der Waals surface area contributed by atoms with E-state index in [1.807, 2.05) is 26.0 Å². The maximum Gasteiger partial charge on any atom is 0.357 e. The van der Waals surface area contributed by atoms with E-state index < -0.39 is 5.97 Å². The van der Waals surface area contributed by atoms with Crippen molar-refractivity contribution in [2.75, 3.05) is 11.9 Å². The van der Waals surface area contributed by atoms with E-state index in [-0.39, 0.29) is 18.2 Å². The van der Waals surface area contributed by atoms with E-state index in [4.69, 9.17) is 9.26 Å². The van der Waals surface area contributed by atoms with Crippen molar-refractivity contribution in [1.82, 2.24) is 10.1 Å². The van der Waals surface area contributed by atoms with Gasteiger partial charge in [-0.25, -0.2) is 9.78 Å². The topological polar surface area (TPSA) is 94.3 Å². The number of amides is 1. The summed E-state index contributed by atoms with van der Waals surface area (Å²) >= 11 is 1.42. The molecule has 0 bridgehead atoms. The van der Waals surface area contributed by atoms with E-state index in [2.05, 4.69) is 35.4 Å². The molecule has 0 saturated heterocycles. The zero-order valence-electron chi connectivity index (χ0n) is 24.3. The molecule has 2 saturated carbocycles. The number of hydrogen-bond acceptors (Lipinski definition) is 7. The Hall–Kier alpha value is -3.00. The molecule has 0 aliphatic heterocycles. The fourth-order valence-electron chi connectivity index (χ4n) is 6.06. The van der Waals surface area contributed by atoms with Crippen LogP contribution in [0.1, 0.15) is 121 Å².